The summed E-state index contributed by atoms with van der Waals surface area (Å²) in [6.45, 7) is 11.2. The molecule has 2 saturated heterocycles. The van der Waals surface area contributed by atoms with Crippen molar-refractivity contribution < 1.29 is 23.7 Å². The molecule has 1 aromatic carbocycles. The van der Waals surface area contributed by atoms with Crippen LogP contribution in [0.25, 0.3) is 0 Å². The van der Waals surface area contributed by atoms with Crippen LogP contribution < -0.4 is 0 Å². The molecular formula is C22H36O5Si. The zero-order chi connectivity index (χ0) is 20.4. The molecule has 0 bridgehead atoms. The second-order valence-corrected chi connectivity index (χ2v) is 13.7. The fourth-order valence-corrected chi connectivity index (χ4v) is 5.85. The van der Waals surface area contributed by atoms with Crippen molar-refractivity contribution in [3.8, 4) is 0 Å². The lowest BCUT2D eigenvalue weighted by atomic mass is 9.89. The van der Waals surface area contributed by atoms with Gasteiger partial charge in [0.25, 0.3) is 0 Å². The molecule has 1 aromatic rings. The van der Waals surface area contributed by atoms with Gasteiger partial charge in [0.15, 0.2) is 14.6 Å². The quantitative estimate of drug-likeness (QED) is 0.706. The van der Waals surface area contributed by atoms with Crippen LogP contribution in [0, 0.1) is 0 Å². The first-order valence-corrected chi connectivity index (χ1v) is 14.0. The minimum absolute atomic E-state index is 0.0349. The smallest absolute Gasteiger partial charge is 0.184 e. The third-order valence-corrected chi connectivity index (χ3v) is 6.72. The van der Waals surface area contributed by atoms with Crippen molar-refractivity contribution in [2.75, 3.05) is 6.61 Å². The summed E-state index contributed by atoms with van der Waals surface area (Å²) in [5, 5.41) is 10.3. The van der Waals surface area contributed by atoms with Gasteiger partial charge in [-0.1, -0.05) is 37.3 Å². The number of rotatable bonds is 6. The summed E-state index contributed by atoms with van der Waals surface area (Å²) in [4.78, 5) is 0. The topological polar surface area (TPSA) is 57.2 Å². The summed E-state index contributed by atoms with van der Waals surface area (Å²) in [5.41, 5.74) is 0.605. The van der Waals surface area contributed by atoms with Crippen molar-refractivity contribution >= 4 is 8.32 Å². The monoisotopic (exact) mass is 408 g/mol. The predicted octanol–water partition coefficient (Wildman–Crippen LogP) is 4.42. The van der Waals surface area contributed by atoms with Crippen molar-refractivity contribution in [3.05, 3.63) is 35.9 Å². The Morgan fingerprint density at radius 1 is 1.18 bits per heavy atom. The molecule has 158 valence electrons. The van der Waals surface area contributed by atoms with Crippen LogP contribution in [0.3, 0.4) is 0 Å². The molecule has 0 aliphatic carbocycles. The summed E-state index contributed by atoms with van der Waals surface area (Å²) >= 11 is 0. The summed E-state index contributed by atoms with van der Waals surface area (Å²) in [7, 11) is -1.79. The van der Waals surface area contributed by atoms with E-state index in [0.29, 0.717) is 19.4 Å². The van der Waals surface area contributed by atoms with Gasteiger partial charge in [0.2, 0.25) is 0 Å². The Kier molecular flexibility index (Phi) is 7.00. The van der Waals surface area contributed by atoms with Crippen molar-refractivity contribution in [2.45, 2.75) is 95.5 Å². The molecule has 2 heterocycles. The van der Waals surface area contributed by atoms with Crippen LogP contribution in [-0.4, -0.2) is 50.0 Å². The van der Waals surface area contributed by atoms with Crippen LogP contribution in [0.15, 0.2) is 30.3 Å². The van der Waals surface area contributed by atoms with Gasteiger partial charge in [0, 0.05) is 12.0 Å². The zero-order valence-electron chi connectivity index (χ0n) is 17.9. The minimum atomic E-state index is -1.79. The second-order valence-electron chi connectivity index (χ2n) is 9.28. The van der Waals surface area contributed by atoms with Crippen molar-refractivity contribution in [1.29, 1.82) is 0 Å². The van der Waals surface area contributed by atoms with E-state index in [2.05, 4.69) is 26.6 Å². The first-order chi connectivity index (χ1) is 13.2. The molecule has 3 rings (SSSR count). The Morgan fingerprint density at radius 2 is 1.89 bits per heavy atom. The average molecular weight is 409 g/mol. The molecule has 0 spiro atoms. The molecule has 2 aliphatic heterocycles. The lowest BCUT2D eigenvalue weighted by Crippen LogP contribution is -2.51. The molecule has 0 radical (unpaired) electrons. The van der Waals surface area contributed by atoms with E-state index in [0.717, 1.165) is 18.4 Å². The highest BCUT2D eigenvalue weighted by Crippen LogP contribution is 2.40. The van der Waals surface area contributed by atoms with Gasteiger partial charge < -0.3 is 23.7 Å². The van der Waals surface area contributed by atoms with Gasteiger partial charge in [-0.2, -0.15) is 0 Å². The standard InChI is InChI=1S/C22H36O5Si/c1-6-17(23)14-20-22(2,27-28(3,4)5)13-12-18-19(25-20)15-24-21(26-18)16-10-8-7-9-11-16/h7-11,17-21,23H,6,12-15H2,1-5H3/t17-,18+,19-,20+,21-,22-/m1/s1. The number of aliphatic hydroxyl groups excluding tert-OH is 1. The number of hydrogen-bond acceptors (Lipinski definition) is 5. The van der Waals surface area contributed by atoms with Gasteiger partial charge in [0.05, 0.1) is 30.5 Å². The molecule has 0 amide bonds. The Labute approximate surface area is 170 Å². The second kappa shape index (κ2) is 8.94. The molecule has 6 heteroatoms. The van der Waals surface area contributed by atoms with E-state index in [1.807, 2.05) is 37.3 Å². The minimum Gasteiger partial charge on any atom is -0.410 e. The highest BCUT2D eigenvalue weighted by Gasteiger charge is 2.47. The number of aliphatic hydroxyl groups is 1. The molecule has 28 heavy (non-hydrogen) atoms. The van der Waals surface area contributed by atoms with E-state index in [4.69, 9.17) is 18.6 Å². The fourth-order valence-electron chi connectivity index (χ4n) is 4.22. The molecule has 2 fully saturated rings. The van der Waals surface area contributed by atoms with Crippen molar-refractivity contribution in [2.24, 2.45) is 0 Å². The number of hydrogen-bond donors (Lipinski definition) is 1. The maximum atomic E-state index is 10.3. The maximum Gasteiger partial charge on any atom is 0.184 e. The Balaban J connectivity index is 1.77. The first-order valence-electron chi connectivity index (χ1n) is 10.6. The molecular weight excluding hydrogens is 372 g/mol. The van der Waals surface area contributed by atoms with Crippen LogP contribution >= 0.6 is 0 Å². The van der Waals surface area contributed by atoms with Gasteiger partial charge in [0.1, 0.15) is 6.10 Å². The Morgan fingerprint density at radius 3 is 2.54 bits per heavy atom. The van der Waals surface area contributed by atoms with Gasteiger partial charge >= 0.3 is 0 Å². The van der Waals surface area contributed by atoms with Crippen LogP contribution in [0.2, 0.25) is 19.6 Å². The van der Waals surface area contributed by atoms with E-state index in [1.54, 1.807) is 0 Å². The molecule has 0 aromatic heterocycles. The lowest BCUT2D eigenvalue weighted by molar-refractivity contribution is -0.273. The average Bonchev–Trinajstić information content (AvgIpc) is 2.77. The molecule has 0 saturated carbocycles. The zero-order valence-corrected chi connectivity index (χ0v) is 18.9. The van der Waals surface area contributed by atoms with E-state index >= 15 is 0 Å². The van der Waals surface area contributed by atoms with Gasteiger partial charge in [-0.15, -0.1) is 0 Å². The normalized spacial score (nSPS) is 35.1. The van der Waals surface area contributed by atoms with E-state index < -0.39 is 20.0 Å². The van der Waals surface area contributed by atoms with Crippen molar-refractivity contribution in [1.82, 2.24) is 0 Å². The molecule has 0 unspecified atom stereocenters. The molecule has 2 aliphatic rings. The Bertz CT molecular complexity index is 619. The van der Waals surface area contributed by atoms with Crippen LogP contribution in [0.1, 0.15) is 51.4 Å². The van der Waals surface area contributed by atoms with E-state index in [-0.39, 0.29) is 24.6 Å². The summed E-state index contributed by atoms with van der Waals surface area (Å²) in [6, 6.07) is 10.0. The van der Waals surface area contributed by atoms with Crippen LogP contribution in [-0.2, 0) is 18.6 Å². The molecule has 1 N–H and O–H groups in total. The molecule has 6 atom stereocenters. The third kappa shape index (κ3) is 5.43. The largest absolute Gasteiger partial charge is 0.410 e. The Hall–Kier alpha value is -0.763. The van der Waals surface area contributed by atoms with Crippen LogP contribution in [0.5, 0.6) is 0 Å². The number of ether oxygens (including phenoxy) is 3. The van der Waals surface area contributed by atoms with Gasteiger partial charge in [-0.3, -0.25) is 0 Å². The number of benzene rings is 1. The SMILES string of the molecule is CC[C@@H](O)C[C@@H]1O[C@@H]2CO[C@@H](c3ccccc3)O[C@H]2CC[C@@]1(C)O[Si](C)(C)C. The summed E-state index contributed by atoms with van der Waals surface area (Å²) in [5.74, 6) is 0. The van der Waals surface area contributed by atoms with Crippen LogP contribution in [0.4, 0.5) is 0 Å². The highest BCUT2D eigenvalue weighted by molar-refractivity contribution is 6.69. The predicted molar refractivity (Wildman–Crippen MR) is 112 cm³/mol. The van der Waals surface area contributed by atoms with E-state index in [1.165, 1.54) is 0 Å². The first kappa shape index (κ1) is 21.9. The molecule has 5 nitrogen and oxygen atoms in total. The fraction of sp³-hybridized carbons (Fsp3) is 0.727. The highest BCUT2D eigenvalue weighted by atomic mass is 28.4. The number of fused-ring (bicyclic) bond motifs is 1. The lowest BCUT2D eigenvalue weighted by Gasteiger charge is -2.42. The van der Waals surface area contributed by atoms with Gasteiger partial charge in [-0.25, -0.2) is 0 Å². The summed E-state index contributed by atoms with van der Waals surface area (Å²) < 4.78 is 25.5. The van der Waals surface area contributed by atoms with Gasteiger partial charge in [-0.05, 0) is 45.8 Å². The van der Waals surface area contributed by atoms with Crippen molar-refractivity contribution in [3.63, 3.8) is 0 Å². The third-order valence-electron chi connectivity index (χ3n) is 5.64. The summed E-state index contributed by atoms with van der Waals surface area (Å²) in [6.07, 6.45) is 1.89. The van der Waals surface area contributed by atoms with E-state index in [9.17, 15) is 5.11 Å². The maximum absolute atomic E-state index is 10.3.